The van der Waals surface area contributed by atoms with E-state index in [2.05, 4.69) is 24.0 Å². The topological polar surface area (TPSA) is 110 Å². The summed E-state index contributed by atoms with van der Waals surface area (Å²) in [5, 5.41) is 10.5. The van der Waals surface area contributed by atoms with Gasteiger partial charge in [-0.2, -0.15) is 0 Å². The number of aryl methyl sites for hydroxylation is 2. The molecule has 2 aromatic heterocycles. The fraction of sp³-hybridized carbons (Fsp3) is 0.333. The number of benzene rings is 2. The Labute approximate surface area is 288 Å². The molecule has 0 spiro atoms. The Morgan fingerprint density at radius 1 is 0.958 bits per heavy atom. The predicted octanol–water partition coefficient (Wildman–Crippen LogP) is 6.09. The van der Waals surface area contributed by atoms with E-state index in [4.69, 9.17) is 21.3 Å². The maximum absolute atomic E-state index is 14.0. The van der Waals surface area contributed by atoms with Crippen molar-refractivity contribution in [2.75, 3.05) is 20.2 Å². The highest BCUT2D eigenvalue weighted by Gasteiger charge is 2.37. The Balaban J connectivity index is 1.22. The van der Waals surface area contributed by atoms with Crippen LogP contribution in [0.4, 0.5) is 0 Å². The van der Waals surface area contributed by atoms with Gasteiger partial charge in [0.25, 0.3) is 0 Å². The number of rotatable bonds is 7. The van der Waals surface area contributed by atoms with Crippen LogP contribution in [0.25, 0.3) is 5.00 Å². The Kier molecular flexibility index (Phi) is 9.35. The summed E-state index contributed by atoms with van der Waals surface area (Å²) in [6.45, 7) is 10.6. The molecule has 2 aliphatic heterocycles. The predicted molar refractivity (Wildman–Crippen MR) is 187 cm³/mol. The van der Waals surface area contributed by atoms with Crippen molar-refractivity contribution in [3.8, 4) is 10.8 Å². The van der Waals surface area contributed by atoms with Gasteiger partial charge in [0.05, 0.1) is 19.2 Å². The number of hydrogen-bond donors (Lipinski definition) is 0. The van der Waals surface area contributed by atoms with Crippen molar-refractivity contribution in [3.05, 3.63) is 104 Å². The van der Waals surface area contributed by atoms with Crippen LogP contribution in [-0.2, 0) is 9.59 Å². The van der Waals surface area contributed by atoms with Gasteiger partial charge in [-0.05, 0) is 82.7 Å². The number of carbonyl (C=O) groups excluding carboxylic acids is 3. The van der Waals surface area contributed by atoms with Crippen LogP contribution in [0.5, 0.6) is 5.75 Å². The van der Waals surface area contributed by atoms with Gasteiger partial charge in [-0.1, -0.05) is 23.7 Å². The van der Waals surface area contributed by atoms with Gasteiger partial charge < -0.3 is 14.5 Å². The van der Waals surface area contributed by atoms with Crippen LogP contribution in [-0.4, -0.2) is 80.2 Å². The summed E-state index contributed by atoms with van der Waals surface area (Å²) < 4.78 is 7.18. The van der Waals surface area contributed by atoms with Gasteiger partial charge in [0.15, 0.2) is 11.6 Å². The minimum atomic E-state index is -0.583. The number of halogens is 1. The van der Waals surface area contributed by atoms with Crippen LogP contribution in [0.2, 0.25) is 5.02 Å². The number of aliphatic imine (C=N–C) groups is 1. The molecule has 1 fully saturated rings. The molecule has 3 atom stereocenters. The lowest BCUT2D eigenvalue weighted by Gasteiger charge is -2.44. The van der Waals surface area contributed by atoms with Crippen molar-refractivity contribution >= 4 is 46.2 Å². The van der Waals surface area contributed by atoms with Gasteiger partial charge in [-0.15, -0.1) is 21.5 Å². The molecule has 0 radical (unpaired) electrons. The minimum absolute atomic E-state index is 0.0828. The number of carbonyl (C=O) groups is 3. The lowest BCUT2D eigenvalue weighted by molar-refractivity contribution is -0.143. The molecular weight excluding hydrogens is 648 g/mol. The quantitative estimate of drug-likeness (QED) is 0.172. The third-order valence-corrected chi connectivity index (χ3v) is 10.4. The third-order valence-electron chi connectivity index (χ3n) is 9.00. The molecule has 0 N–H and O–H groups in total. The Bertz CT molecular complexity index is 1930. The number of thiophene rings is 1. The highest BCUT2D eigenvalue weighted by molar-refractivity contribution is 7.15. The first-order chi connectivity index (χ1) is 23.0. The van der Waals surface area contributed by atoms with Gasteiger partial charge >= 0.3 is 0 Å². The zero-order chi connectivity index (χ0) is 34.3. The maximum atomic E-state index is 14.0. The van der Waals surface area contributed by atoms with E-state index in [9.17, 15) is 14.4 Å². The van der Waals surface area contributed by atoms with Gasteiger partial charge in [0.1, 0.15) is 22.6 Å². The van der Waals surface area contributed by atoms with E-state index < -0.39 is 6.04 Å². The highest BCUT2D eigenvalue weighted by atomic mass is 35.5. The van der Waals surface area contributed by atoms with Crippen molar-refractivity contribution in [2.24, 2.45) is 4.99 Å². The first-order valence-corrected chi connectivity index (χ1v) is 17.0. The molecular formula is C36H37ClN6O4S. The molecule has 12 heteroatoms. The highest BCUT2D eigenvalue weighted by Crippen LogP contribution is 2.40. The number of piperazine rings is 1. The first-order valence-electron chi connectivity index (χ1n) is 15.8. The average Bonchev–Trinajstić information content (AvgIpc) is 3.55. The van der Waals surface area contributed by atoms with Crippen molar-refractivity contribution in [3.63, 3.8) is 0 Å². The second-order valence-electron chi connectivity index (χ2n) is 12.3. The van der Waals surface area contributed by atoms with E-state index in [0.29, 0.717) is 35.2 Å². The van der Waals surface area contributed by atoms with Gasteiger partial charge in [0, 0.05) is 57.8 Å². The fourth-order valence-corrected chi connectivity index (χ4v) is 7.81. The number of ketones is 1. The van der Waals surface area contributed by atoms with Crippen LogP contribution < -0.4 is 4.74 Å². The number of fused-ring (bicyclic) bond motifs is 3. The van der Waals surface area contributed by atoms with Crippen molar-refractivity contribution < 1.29 is 19.1 Å². The van der Waals surface area contributed by atoms with Gasteiger partial charge in [0.2, 0.25) is 11.8 Å². The normalized spacial score (nSPS) is 19.1. The summed E-state index contributed by atoms with van der Waals surface area (Å²) in [7, 11) is 1.56. The molecule has 48 heavy (non-hydrogen) atoms. The van der Waals surface area contributed by atoms with Crippen LogP contribution in [0.1, 0.15) is 69.9 Å². The van der Waals surface area contributed by atoms with Crippen LogP contribution in [0.3, 0.4) is 0 Å². The number of aromatic nitrogens is 3. The maximum Gasteiger partial charge on any atom is 0.247 e. The first kappa shape index (κ1) is 33.3. The summed E-state index contributed by atoms with van der Waals surface area (Å²) >= 11 is 7.90. The molecule has 0 unspecified atom stereocenters. The number of hydrogen-bond acceptors (Lipinski definition) is 8. The molecule has 0 saturated carbocycles. The Hall–Kier alpha value is -4.61. The molecule has 2 amide bonds. The van der Waals surface area contributed by atoms with E-state index in [1.165, 1.54) is 17.0 Å². The number of nitrogens with zero attached hydrogens (tertiary/aromatic N) is 6. The number of ether oxygens (including phenoxy) is 1. The van der Waals surface area contributed by atoms with Crippen molar-refractivity contribution in [1.82, 2.24) is 24.6 Å². The van der Waals surface area contributed by atoms with Crippen LogP contribution >= 0.6 is 22.9 Å². The van der Waals surface area contributed by atoms with E-state index in [1.54, 1.807) is 52.5 Å². The molecule has 248 valence electrons. The van der Waals surface area contributed by atoms with E-state index >= 15 is 0 Å². The van der Waals surface area contributed by atoms with Crippen LogP contribution in [0.15, 0.2) is 65.7 Å². The van der Waals surface area contributed by atoms with Gasteiger partial charge in [-0.25, -0.2) is 0 Å². The second-order valence-corrected chi connectivity index (χ2v) is 13.9. The molecule has 4 heterocycles. The number of amides is 2. The Morgan fingerprint density at radius 2 is 1.62 bits per heavy atom. The smallest absolute Gasteiger partial charge is 0.247 e. The van der Waals surface area contributed by atoms with E-state index in [-0.39, 0.29) is 36.1 Å². The summed E-state index contributed by atoms with van der Waals surface area (Å²) in [5.74, 6) is 1.36. The Morgan fingerprint density at radius 3 is 2.27 bits per heavy atom. The average molecular weight is 685 g/mol. The molecule has 2 aliphatic rings. The van der Waals surface area contributed by atoms with Crippen LogP contribution in [0, 0.1) is 20.8 Å². The molecule has 0 bridgehead atoms. The fourth-order valence-electron chi connectivity index (χ4n) is 6.47. The number of methoxy groups -OCH3 is 1. The summed E-state index contributed by atoms with van der Waals surface area (Å²) in [4.78, 5) is 49.9. The molecule has 1 saturated heterocycles. The standard InChI is InChI=1S/C36H37ClN6O4S/c1-20-18-41(19-21(2)42(20)31(45)16-15-30(44)25-9-13-28(47-6)14-10-25)32(46)17-29-35-40-39-24(5)43(35)36-33(22(3)23(4)48-36)34(38-29)26-7-11-27(37)12-8-26/h7-16,20-21,29H,17-19H2,1-6H3/b16-15+/t20-,21+,29-/m0/s1. The SMILES string of the molecule is COc1ccc(C(=O)/C=C/C(=O)N2[C@H](C)CN(C(=O)C[C@@H]3N=C(c4ccc(Cl)cc4)c4c(sc(C)c4C)-n4c(C)nnc43)C[C@@H]2C)cc1. The molecule has 10 nitrogen and oxygen atoms in total. The molecule has 0 aliphatic carbocycles. The second kappa shape index (κ2) is 13.5. The van der Waals surface area contributed by atoms with Gasteiger partial charge in [-0.3, -0.25) is 23.9 Å². The van der Waals surface area contributed by atoms with Crippen molar-refractivity contribution in [1.29, 1.82) is 0 Å². The summed E-state index contributed by atoms with van der Waals surface area (Å²) in [6.07, 6.45) is 2.70. The van der Waals surface area contributed by atoms with E-state index in [1.807, 2.05) is 49.6 Å². The summed E-state index contributed by atoms with van der Waals surface area (Å²) in [6, 6.07) is 13.2. The largest absolute Gasteiger partial charge is 0.497 e. The monoisotopic (exact) mass is 684 g/mol. The summed E-state index contributed by atoms with van der Waals surface area (Å²) in [5.41, 5.74) is 4.29. The number of allylic oxidation sites excluding steroid dienone is 1. The zero-order valence-electron chi connectivity index (χ0n) is 27.7. The van der Waals surface area contributed by atoms with E-state index in [0.717, 1.165) is 33.2 Å². The lowest BCUT2D eigenvalue weighted by atomic mass is 9.99. The molecule has 2 aromatic carbocycles. The third kappa shape index (κ3) is 6.32. The lowest BCUT2D eigenvalue weighted by Crippen LogP contribution is -2.59. The zero-order valence-corrected chi connectivity index (χ0v) is 29.3. The van der Waals surface area contributed by atoms with Crippen molar-refractivity contribution in [2.45, 2.75) is 59.2 Å². The molecule has 6 rings (SSSR count). The minimum Gasteiger partial charge on any atom is -0.497 e. The molecule has 4 aromatic rings.